The normalized spacial score (nSPS) is 17.6. The van der Waals surface area contributed by atoms with Gasteiger partial charge in [-0.05, 0) is 25.0 Å². The van der Waals surface area contributed by atoms with Crippen LogP contribution in [-0.2, 0) is 4.74 Å². The summed E-state index contributed by atoms with van der Waals surface area (Å²) in [6, 6.07) is 2.16. The molecular weight excluding hydrogens is 302 g/mol. The third-order valence-corrected chi connectivity index (χ3v) is 4.18. The van der Waals surface area contributed by atoms with Gasteiger partial charge >= 0.3 is 17.9 Å². The van der Waals surface area contributed by atoms with Crippen LogP contribution in [0.25, 0.3) is 0 Å². The molecule has 23 heavy (non-hydrogen) atoms. The van der Waals surface area contributed by atoms with E-state index in [-0.39, 0.29) is 28.3 Å². The first-order chi connectivity index (χ1) is 11.0. The number of benzene rings is 1. The van der Waals surface area contributed by atoms with E-state index in [4.69, 9.17) is 5.11 Å². The predicted molar refractivity (Wildman–Crippen MR) is 77.5 cm³/mol. The number of carbonyl (C=O) groups is 4. The fraction of sp³-hybridized carbons (Fsp3) is 0.375. The predicted octanol–water partition coefficient (Wildman–Crippen LogP) is 1.76. The third kappa shape index (κ3) is 2.81. The van der Waals surface area contributed by atoms with Crippen LogP contribution in [0.3, 0.4) is 0 Å². The van der Waals surface area contributed by atoms with Crippen molar-refractivity contribution in [2.75, 3.05) is 0 Å². The van der Waals surface area contributed by atoms with Gasteiger partial charge in [-0.25, -0.2) is 14.4 Å². The molecule has 1 amide bonds. The summed E-state index contributed by atoms with van der Waals surface area (Å²) in [7, 11) is 0. The highest BCUT2D eigenvalue weighted by atomic mass is 16.6. The molecule has 1 aliphatic heterocycles. The maximum absolute atomic E-state index is 12.5. The molecule has 0 saturated heterocycles. The minimum atomic E-state index is -1.29. The molecular formula is C16H15NO6. The van der Waals surface area contributed by atoms with Crippen molar-refractivity contribution in [2.24, 2.45) is 0 Å². The largest absolute Gasteiger partial charge is 0.478 e. The lowest BCUT2D eigenvalue weighted by atomic mass is 9.94. The average molecular weight is 317 g/mol. The molecule has 120 valence electrons. The number of carbonyl (C=O) groups excluding carboxylic acids is 3. The van der Waals surface area contributed by atoms with E-state index >= 15 is 0 Å². The minimum Gasteiger partial charge on any atom is -0.478 e. The van der Waals surface area contributed by atoms with Crippen molar-refractivity contribution in [2.45, 2.75) is 38.1 Å². The topological polar surface area (TPSA) is 110 Å². The van der Waals surface area contributed by atoms with Crippen LogP contribution in [0.15, 0.2) is 12.1 Å². The molecule has 0 bridgehead atoms. The van der Waals surface area contributed by atoms with Crippen molar-refractivity contribution in [1.82, 2.24) is 5.32 Å². The summed E-state index contributed by atoms with van der Waals surface area (Å²) in [5.74, 6) is -3.69. The molecule has 7 nitrogen and oxygen atoms in total. The Morgan fingerprint density at radius 2 is 1.78 bits per heavy atom. The molecule has 1 heterocycles. The van der Waals surface area contributed by atoms with Crippen molar-refractivity contribution in [1.29, 1.82) is 0 Å². The maximum Gasteiger partial charge on any atom is 0.347 e. The molecule has 1 aliphatic carbocycles. The van der Waals surface area contributed by atoms with Crippen LogP contribution in [0, 0.1) is 0 Å². The molecule has 3 rings (SSSR count). The third-order valence-electron chi connectivity index (χ3n) is 4.18. The van der Waals surface area contributed by atoms with Gasteiger partial charge in [0, 0.05) is 6.04 Å². The Kier molecular flexibility index (Phi) is 3.85. The summed E-state index contributed by atoms with van der Waals surface area (Å²) in [5.41, 5.74) is -0.692. The second-order valence-corrected chi connectivity index (χ2v) is 5.74. The lowest BCUT2D eigenvalue weighted by Gasteiger charge is -2.23. The van der Waals surface area contributed by atoms with Gasteiger partial charge < -0.3 is 15.2 Å². The number of nitrogens with one attached hydrogen (secondary N) is 1. The van der Waals surface area contributed by atoms with Gasteiger partial charge in [-0.2, -0.15) is 0 Å². The van der Waals surface area contributed by atoms with Gasteiger partial charge in [0.2, 0.25) is 0 Å². The number of carboxylic acid groups (broad SMARTS) is 1. The van der Waals surface area contributed by atoms with Gasteiger partial charge in [-0.3, -0.25) is 4.79 Å². The first kappa shape index (κ1) is 15.2. The van der Waals surface area contributed by atoms with Crippen molar-refractivity contribution >= 4 is 23.8 Å². The lowest BCUT2D eigenvalue weighted by Crippen LogP contribution is -2.37. The zero-order chi connectivity index (χ0) is 16.6. The summed E-state index contributed by atoms with van der Waals surface area (Å²) in [6.07, 6.45) is 4.83. The Morgan fingerprint density at radius 1 is 1.09 bits per heavy atom. The smallest absolute Gasteiger partial charge is 0.347 e. The molecule has 0 aromatic heterocycles. The minimum absolute atomic E-state index is 0.00601. The summed E-state index contributed by atoms with van der Waals surface area (Å²) in [5, 5.41) is 11.9. The van der Waals surface area contributed by atoms with E-state index < -0.39 is 23.8 Å². The van der Waals surface area contributed by atoms with Crippen LogP contribution >= 0.6 is 0 Å². The molecule has 2 aliphatic rings. The molecule has 1 aromatic carbocycles. The van der Waals surface area contributed by atoms with E-state index in [1.807, 2.05) is 0 Å². The van der Waals surface area contributed by atoms with E-state index in [9.17, 15) is 19.2 Å². The van der Waals surface area contributed by atoms with E-state index in [2.05, 4.69) is 10.1 Å². The molecule has 0 unspecified atom stereocenters. The quantitative estimate of drug-likeness (QED) is 0.649. The number of rotatable bonds is 3. The molecule has 1 saturated carbocycles. The molecule has 0 radical (unpaired) electrons. The fourth-order valence-electron chi connectivity index (χ4n) is 3.03. The SMILES string of the molecule is O=C(O)c1cc(C(=O)NC2CCCCC2)c2c(c1)C(=O)OC2=O. The molecule has 1 fully saturated rings. The number of ether oxygens (including phenoxy) is 1. The van der Waals surface area contributed by atoms with Crippen LogP contribution in [0.2, 0.25) is 0 Å². The van der Waals surface area contributed by atoms with Gasteiger partial charge in [0.05, 0.1) is 22.3 Å². The lowest BCUT2D eigenvalue weighted by molar-refractivity contribution is 0.0441. The number of cyclic esters (lactones) is 2. The highest BCUT2D eigenvalue weighted by Crippen LogP contribution is 2.26. The number of aromatic carboxylic acids is 1. The monoisotopic (exact) mass is 317 g/mol. The maximum atomic E-state index is 12.5. The summed E-state index contributed by atoms with van der Waals surface area (Å²) in [4.78, 5) is 47.1. The Morgan fingerprint density at radius 3 is 2.43 bits per heavy atom. The van der Waals surface area contributed by atoms with Crippen molar-refractivity contribution in [3.8, 4) is 0 Å². The Bertz CT molecular complexity index is 718. The second-order valence-electron chi connectivity index (χ2n) is 5.74. The van der Waals surface area contributed by atoms with Crippen molar-refractivity contribution in [3.63, 3.8) is 0 Å². The number of hydrogen-bond acceptors (Lipinski definition) is 5. The van der Waals surface area contributed by atoms with Gasteiger partial charge in [-0.15, -0.1) is 0 Å². The van der Waals surface area contributed by atoms with Gasteiger partial charge in [0.25, 0.3) is 5.91 Å². The standard InChI is InChI=1S/C16H15NO6/c18-13(17-9-4-2-1-3-5-9)10-6-8(14(19)20)7-11-12(10)16(22)23-15(11)21/h6-7,9H,1-5H2,(H,17,18)(H,19,20). The first-order valence-electron chi connectivity index (χ1n) is 7.46. The Hall–Kier alpha value is -2.70. The Balaban J connectivity index is 1.98. The van der Waals surface area contributed by atoms with Gasteiger partial charge in [0.15, 0.2) is 0 Å². The average Bonchev–Trinajstić information content (AvgIpc) is 2.82. The second kappa shape index (κ2) is 5.83. The van der Waals surface area contributed by atoms with Crippen molar-refractivity contribution < 1.29 is 29.0 Å². The van der Waals surface area contributed by atoms with Crippen LogP contribution in [-0.4, -0.2) is 35.0 Å². The number of hydrogen-bond donors (Lipinski definition) is 2. The molecule has 1 aromatic rings. The van der Waals surface area contributed by atoms with Crippen LogP contribution in [0.5, 0.6) is 0 Å². The highest BCUT2D eigenvalue weighted by molar-refractivity contribution is 6.20. The summed E-state index contributed by atoms with van der Waals surface area (Å²) in [6.45, 7) is 0. The zero-order valence-corrected chi connectivity index (χ0v) is 12.3. The molecule has 0 atom stereocenters. The first-order valence-corrected chi connectivity index (χ1v) is 7.46. The number of fused-ring (bicyclic) bond motifs is 1. The van der Waals surface area contributed by atoms with E-state index in [0.717, 1.165) is 44.2 Å². The van der Waals surface area contributed by atoms with Gasteiger partial charge in [0.1, 0.15) is 0 Å². The fourth-order valence-corrected chi connectivity index (χ4v) is 3.03. The summed E-state index contributed by atoms with van der Waals surface area (Å²) < 4.78 is 4.50. The van der Waals surface area contributed by atoms with E-state index in [0.29, 0.717) is 0 Å². The highest BCUT2D eigenvalue weighted by Gasteiger charge is 2.36. The van der Waals surface area contributed by atoms with Crippen molar-refractivity contribution in [3.05, 3.63) is 34.4 Å². The Labute approximate surface area is 131 Å². The summed E-state index contributed by atoms with van der Waals surface area (Å²) >= 11 is 0. The zero-order valence-electron chi connectivity index (χ0n) is 12.3. The van der Waals surface area contributed by atoms with Crippen LogP contribution in [0.4, 0.5) is 0 Å². The number of carboxylic acids is 1. The van der Waals surface area contributed by atoms with Crippen LogP contribution < -0.4 is 5.32 Å². The van der Waals surface area contributed by atoms with E-state index in [1.165, 1.54) is 0 Å². The molecule has 7 heteroatoms. The van der Waals surface area contributed by atoms with E-state index in [1.54, 1.807) is 0 Å². The van der Waals surface area contributed by atoms with Crippen LogP contribution in [0.1, 0.15) is 73.5 Å². The molecule has 2 N–H and O–H groups in total. The van der Waals surface area contributed by atoms with Gasteiger partial charge in [-0.1, -0.05) is 19.3 Å². The number of amides is 1. The number of esters is 2. The molecule has 0 spiro atoms.